The van der Waals surface area contributed by atoms with Crippen LogP contribution in [0.1, 0.15) is 10.4 Å². The first-order valence-electron chi connectivity index (χ1n) is 5.61. The summed E-state index contributed by atoms with van der Waals surface area (Å²) in [5.41, 5.74) is 6.45. The molecule has 0 fully saturated rings. The number of ether oxygens (including phenoxy) is 1. The number of nitrogens with two attached hydrogens (primary N) is 1. The maximum Gasteiger partial charge on any atom is 0.573 e. The van der Waals surface area contributed by atoms with Crippen molar-refractivity contribution in [1.29, 1.82) is 0 Å². The molecule has 2 rings (SSSR count). The lowest BCUT2D eigenvalue weighted by molar-refractivity contribution is -0.274. The van der Waals surface area contributed by atoms with Gasteiger partial charge in [-0.05, 0) is 30.3 Å². The van der Waals surface area contributed by atoms with Crippen LogP contribution < -0.4 is 10.5 Å². The number of halogens is 3. The molecule has 1 heterocycles. The molecule has 0 bridgehead atoms. The van der Waals surface area contributed by atoms with Crippen LogP contribution in [0.15, 0.2) is 36.5 Å². The summed E-state index contributed by atoms with van der Waals surface area (Å²) in [7, 11) is 0. The lowest BCUT2D eigenvalue weighted by atomic mass is 10.1. The van der Waals surface area contributed by atoms with Gasteiger partial charge in [0.05, 0.1) is 16.9 Å². The third-order valence-electron chi connectivity index (χ3n) is 2.53. The molecule has 0 radical (unpaired) electrons. The number of benzene rings is 1. The fourth-order valence-electron chi connectivity index (χ4n) is 1.65. The average molecular weight is 298 g/mol. The molecule has 0 unspecified atom stereocenters. The standard InChI is InChI=1S/C13H9F3N2O3/c14-13(15,16)21-9-3-1-7(2-4-9)11-10(17)5-8(6-18-11)12(19)20/h1-6H,17H2,(H,19,20). The highest BCUT2D eigenvalue weighted by Gasteiger charge is 2.31. The van der Waals surface area contributed by atoms with Crippen molar-refractivity contribution >= 4 is 11.7 Å². The normalized spacial score (nSPS) is 11.2. The highest BCUT2D eigenvalue weighted by molar-refractivity contribution is 5.90. The molecular formula is C13H9F3N2O3. The highest BCUT2D eigenvalue weighted by Crippen LogP contribution is 2.28. The second-order valence-electron chi connectivity index (χ2n) is 4.04. The third-order valence-corrected chi connectivity index (χ3v) is 2.53. The number of aromatic nitrogens is 1. The summed E-state index contributed by atoms with van der Waals surface area (Å²) in [6.07, 6.45) is -3.64. The number of aromatic carboxylic acids is 1. The van der Waals surface area contributed by atoms with E-state index in [1.54, 1.807) is 0 Å². The molecule has 0 aliphatic carbocycles. The van der Waals surface area contributed by atoms with Gasteiger partial charge in [-0.1, -0.05) is 0 Å². The fraction of sp³-hybridized carbons (Fsp3) is 0.0769. The van der Waals surface area contributed by atoms with Crippen LogP contribution in [-0.2, 0) is 0 Å². The lowest BCUT2D eigenvalue weighted by Gasteiger charge is -2.10. The SMILES string of the molecule is Nc1cc(C(=O)O)cnc1-c1ccc(OC(F)(F)F)cc1. The van der Waals surface area contributed by atoms with Crippen LogP contribution in [0.25, 0.3) is 11.3 Å². The quantitative estimate of drug-likeness (QED) is 0.910. The van der Waals surface area contributed by atoms with Crippen LogP contribution in [0.4, 0.5) is 18.9 Å². The van der Waals surface area contributed by atoms with Crippen molar-refractivity contribution in [1.82, 2.24) is 4.98 Å². The number of pyridine rings is 1. The Morgan fingerprint density at radius 3 is 2.33 bits per heavy atom. The summed E-state index contributed by atoms with van der Waals surface area (Å²) in [6, 6.07) is 6.16. The van der Waals surface area contributed by atoms with Gasteiger partial charge in [-0.25, -0.2) is 4.79 Å². The maximum absolute atomic E-state index is 12.0. The van der Waals surface area contributed by atoms with Gasteiger partial charge in [0.2, 0.25) is 0 Å². The number of nitrogens with zero attached hydrogens (tertiary/aromatic N) is 1. The minimum atomic E-state index is -4.76. The Morgan fingerprint density at radius 2 is 1.86 bits per heavy atom. The Hall–Kier alpha value is -2.77. The van der Waals surface area contributed by atoms with Gasteiger partial charge in [0, 0.05) is 11.8 Å². The molecule has 0 saturated carbocycles. The first-order valence-corrected chi connectivity index (χ1v) is 5.61. The first kappa shape index (κ1) is 14.6. The zero-order chi connectivity index (χ0) is 15.6. The van der Waals surface area contributed by atoms with Gasteiger partial charge in [0.15, 0.2) is 0 Å². The number of hydrogen-bond donors (Lipinski definition) is 2. The second-order valence-corrected chi connectivity index (χ2v) is 4.04. The number of nitrogen functional groups attached to an aromatic ring is 1. The first-order chi connectivity index (χ1) is 9.76. The van der Waals surface area contributed by atoms with E-state index in [4.69, 9.17) is 10.8 Å². The van der Waals surface area contributed by atoms with Crippen LogP contribution in [-0.4, -0.2) is 22.4 Å². The summed E-state index contributed by atoms with van der Waals surface area (Å²) >= 11 is 0. The van der Waals surface area contributed by atoms with E-state index in [-0.39, 0.29) is 22.7 Å². The number of carbonyl (C=O) groups is 1. The number of anilines is 1. The maximum atomic E-state index is 12.0. The van der Waals surface area contributed by atoms with Crippen LogP contribution in [0.3, 0.4) is 0 Å². The Bertz CT molecular complexity index is 669. The summed E-state index contributed by atoms with van der Waals surface area (Å²) < 4.78 is 39.9. The number of hydrogen-bond acceptors (Lipinski definition) is 4. The Labute approximate surface area is 116 Å². The topological polar surface area (TPSA) is 85.4 Å². The second kappa shape index (κ2) is 5.31. The van der Waals surface area contributed by atoms with Crippen LogP contribution in [0.5, 0.6) is 5.75 Å². The van der Waals surface area contributed by atoms with Gasteiger partial charge in [-0.3, -0.25) is 4.98 Å². The molecule has 5 nitrogen and oxygen atoms in total. The van der Waals surface area contributed by atoms with E-state index in [0.717, 1.165) is 18.3 Å². The molecule has 0 amide bonds. The number of carboxylic acids is 1. The molecule has 3 N–H and O–H groups in total. The summed E-state index contributed by atoms with van der Waals surface area (Å²) in [6.45, 7) is 0. The van der Waals surface area contributed by atoms with Crippen molar-refractivity contribution < 1.29 is 27.8 Å². The van der Waals surface area contributed by atoms with E-state index in [9.17, 15) is 18.0 Å². The predicted octanol–water partition coefficient (Wildman–Crippen LogP) is 2.93. The number of alkyl halides is 3. The number of rotatable bonds is 3. The van der Waals surface area contributed by atoms with Crippen molar-refractivity contribution in [2.24, 2.45) is 0 Å². The van der Waals surface area contributed by atoms with Gasteiger partial charge >= 0.3 is 12.3 Å². The Morgan fingerprint density at radius 1 is 1.24 bits per heavy atom. The smallest absolute Gasteiger partial charge is 0.478 e. The molecule has 2 aromatic rings. The minimum absolute atomic E-state index is 0.0757. The van der Waals surface area contributed by atoms with Crippen molar-refractivity contribution in [3.05, 3.63) is 42.1 Å². The van der Waals surface area contributed by atoms with E-state index >= 15 is 0 Å². The molecular weight excluding hydrogens is 289 g/mol. The van der Waals surface area contributed by atoms with E-state index < -0.39 is 12.3 Å². The summed E-state index contributed by atoms with van der Waals surface area (Å²) in [4.78, 5) is 14.7. The molecule has 1 aromatic carbocycles. The summed E-state index contributed by atoms with van der Waals surface area (Å²) in [5, 5.41) is 8.80. The van der Waals surface area contributed by atoms with Gasteiger partial charge in [0.25, 0.3) is 0 Å². The summed E-state index contributed by atoms with van der Waals surface area (Å²) in [5.74, 6) is -1.54. The fourth-order valence-corrected chi connectivity index (χ4v) is 1.65. The van der Waals surface area contributed by atoms with Gasteiger partial charge in [0.1, 0.15) is 5.75 Å². The Kier molecular flexibility index (Phi) is 3.70. The van der Waals surface area contributed by atoms with E-state index in [0.29, 0.717) is 5.56 Å². The van der Waals surface area contributed by atoms with E-state index in [1.807, 2.05) is 0 Å². The van der Waals surface area contributed by atoms with Gasteiger partial charge in [-0.2, -0.15) is 0 Å². The molecule has 0 spiro atoms. The number of carboxylic acid groups (broad SMARTS) is 1. The largest absolute Gasteiger partial charge is 0.573 e. The van der Waals surface area contributed by atoms with Crippen LogP contribution in [0.2, 0.25) is 0 Å². The molecule has 21 heavy (non-hydrogen) atoms. The van der Waals surface area contributed by atoms with Crippen LogP contribution in [0, 0.1) is 0 Å². The molecule has 0 aliphatic heterocycles. The molecule has 110 valence electrons. The minimum Gasteiger partial charge on any atom is -0.478 e. The van der Waals surface area contributed by atoms with Gasteiger partial charge in [-0.15, -0.1) is 13.2 Å². The van der Waals surface area contributed by atoms with Gasteiger partial charge < -0.3 is 15.6 Å². The zero-order valence-corrected chi connectivity index (χ0v) is 10.4. The van der Waals surface area contributed by atoms with Crippen molar-refractivity contribution in [2.45, 2.75) is 6.36 Å². The van der Waals surface area contributed by atoms with Crippen molar-refractivity contribution in [3.8, 4) is 17.0 Å². The molecule has 8 heteroatoms. The average Bonchev–Trinajstić information content (AvgIpc) is 2.38. The van der Waals surface area contributed by atoms with Crippen LogP contribution >= 0.6 is 0 Å². The third kappa shape index (κ3) is 3.62. The molecule has 0 atom stereocenters. The predicted molar refractivity (Wildman–Crippen MR) is 67.7 cm³/mol. The molecule has 0 saturated heterocycles. The van der Waals surface area contributed by atoms with Crippen molar-refractivity contribution in [3.63, 3.8) is 0 Å². The van der Waals surface area contributed by atoms with E-state index in [2.05, 4.69) is 9.72 Å². The Balaban J connectivity index is 2.29. The monoisotopic (exact) mass is 298 g/mol. The zero-order valence-electron chi connectivity index (χ0n) is 10.4. The lowest BCUT2D eigenvalue weighted by Crippen LogP contribution is -2.16. The molecule has 1 aromatic heterocycles. The highest BCUT2D eigenvalue weighted by atomic mass is 19.4. The molecule has 0 aliphatic rings. The van der Waals surface area contributed by atoms with E-state index in [1.165, 1.54) is 18.2 Å². The van der Waals surface area contributed by atoms with Crippen molar-refractivity contribution in [2.75, 3.05) is 5.73 Å².